The van der Waals surface area contributed by atoms with Crippen molar-refractivity contribution in [3.8, 4) is 0 Å². The van der Waals surface area contributed by atoms with Crippen LogP contribution in [0, 0.1) is 6.07 Å². The minimum Gasteiger partial charge on any atom is -0.321 e. The number of Topliss-reactive ketones (excluding diaryl/α,β-unsaturated/α-hetero) is 1. The van der Waals surface area contributed by atoms with E-state index >= 15 is 0 Å². The fourth-order valence-corrected chi connectivity index (χ4v) is 0.814. The number of carbonyl (C=O) groups is 1. The van der Waals surface area contributed by atoms with Gasteiger partial charge in [0.1, 0.15) is 0 Å². The highest BCUT2D eigenvalue weighted by Gasteiger charge is 2.08. The molecular formula is C9H10NO. The van der Waals surface area contributed by atoms with E-state index in [1.165, 1.54) is 0 Å². The molecule has 1 aromatic carbocycles. The predicted octanol–water partition coefficient (Wildman–Crippen LogP) is 1.02. The number of nitrogens with two attached hydrogens (primary N) is 1. The van der Waals surface area contributed by atoms with E-state index in [0.717, 1.165) is 0 Å². The number of carbonyl (C=O) groups excluding carboxylic acids is 1. The monoisotopic (exact) mass is 148 g/mol. The summed E-state index contributed by atoms with van der Waals surface area (Å²) in [5.41, 5.74) is 6.06. The first kappa shape index (κ1) is 7.95. The van der Waals surface area contributed by atoms with Crippen molar-refractivity contribution in [2.45, 2.75) is 13.0 Å². The molecule has 0 spiro atoms. The van der Waals surface area contributed by atoms with E-state index in [1.807, 2.05) is 0 Å². The average Bonchev–Trinajstić information content (AvgIpc) is 2.05. The van der Waals surface area contributed by atoms with Gasteiger partial charge in [0.15, 0.2) is 5.78 Å². The molecule has 1 radical (unpaired) electrons. The van der Waals surface area contributed by atoms with Crippen LogP contribution in [-0.4, -0.2) is 11.8 Å². The molecule has 1 atom stereocenters. The Labute approximate surface area is 66.0 Å². The second-order valence-electron chi connectivity index (χ2n) is 2.44. The summed E-state index contributed by atoms with van der Waals surface area (Å²) in [5, 5.41) is 0. The molecule has 0 heterocycles. The van der Waals surface area contributed by atoms with Gasteiger partial charge in [-0.3, -0.25) is 4.79 Å². The Morgan fingerprint density at radius 2 is 2.09 bits per heavy atom. The van der Waals surface area contributed by atoms with Gasteiger partial charge in [-0.05, 0) is 13.0 Å². The predicted molar refractivity (Wildman–Crippen MR) is 43.3 cm³/mol. The van der Waals surface area contributed by atoms with E-state index in [-0.39, 0.29) is 5.78 Å². The molecule has 0 aromatic heterocycles. The summed E-state index contributed by atoms with van der Waals surface area (Å²) in [6.45, 7) is 1.68. The van der Waals surface area contributed by atoms with Crippen molar-refractivity contribution in [2.24, 2.45) is 5.73 Å². The Hall–Kier alpha value is -1.15. The van der Waals surface area contributed by atoms with Gasteiger partial charge in [0, 0.05) is 5.56 Å². The van der Waals surface area contributed by atoms with Crippen LogP contribution in [0.4, 0.5) is 0 Å². The lowest BCUT2D eigenvalue weighted by Crippen LogP contribution is -2.26. The molecule has 2 heteroatoms. The SMILES string of the molecule is C[C@H](N)C(=O)c1cc[c]cc1. The average molecular weight is 148 g/mol. The molecule has 0 aliphatic carbocycles. The van der Waals surface area contributed by atoms with Crippen molar-refractivity contribution < 1.29 is 4.79 Å². The molecule has 0 saturated carbocycles. The van der Waals surface area contributed by atoms with Gasteiger partial charge in [-0.1, -0.05) is 24.3 Å². The standard InChI is InChI=1S/C9H10NO/c1-7(10)9(11)8-5-3-2-4-6-8/h3-7H,10H2,1H3/t7-/m0/s1. The molecule has 2 N–H and O–H groups in total. The first-order valence-corrected chi connectivity index (χ1v) is 3.47. The minimum absolute atomic E-state index is 0.0287. The Balaban J connectivity index is 2.86. The molecule has 0 bridgehead atoms. The zero-order valence-electron chi connectivity index (χ0n) is 6.37. The van der Waals surface area contributed by atoms with Crippen molar-refractivity contribution in [1.82, 2.24) is 0 Å². The summed E-state index contributed by atoms with van der Waals surface area (Å²) in [7, 11) is 0. The summed E-state index contributed by atoms with van der Waals surface area (Å²) in [4.78, 5) is 11.2. The quantitative estimate of drug-likeness (QED) is 0.636. The second kappa shape index (κ2) is 3.30. The minimum atomic E-state index is -0.419. The first-order valence-electron chi connectivity index (χ1n) is 3.47. The number of ketones is 1. The Bertz CT molecular complexity index is 241. The molecule has 11 heavy (non-hydrogen) atoms. The largest absolute Gasteiger partial charge is 0.321 e. The molecule has 2 nitrogen and oxygen atoms in total. The molecule has 1 aromatic rings. The lowest BCUT2D eigenvalue weighted by molar-refractivity contribution is 0.0968. The van der Waals surface area contributed by atoms with E-state index in [9.17, 15) is 4.79 Å². The zero-order chi connectivity index (χ0) is 8.27. The van der Waals surface area contributed by atoms with Gasteiger partial charge in [0.2, 0.25) is 0 Å². The van der Waals surface area contributed by atoms with Crippen molar-refractivity contribution in [3.05, 3.63) is 35.9 Å². The van der Waals surface area contributed by atoms with E-state index in [0.29, 0.717) is 5.56 Å². The maximum absolute atomic E-state index is 11.2. The number of hydrogen-bond donors (Lipinski definition) is 1. The van der Waals surface area contributed by atoms with Gasteiger partial charge in [-0.2, -0.15) is 0 Å². The van der Waals surface area contributed by atoms with Crippen molar-refractivity contribution in [1.29, 1.82) is 0 Å². The van der Waals surface area contributed by atoms with E-state index in [4.69, 9.17) is 5.73 Å². The molecule has 0 aliphatic rings. The lowest BCUT2D eigenvalue weighted by Gasteiger charge is -2.02. The summed E-state index contributed by atoms with van der Waals surface area (Å²) in [5.74, 6) is -0.0287. The molecule has 57 valence electrons. The van der Waals surface area contributed by atoms with Crippen LogP contribution in [0.2, 0.25) is 0 Å². The number of benzene rings is 1. The fourth-order valence-electron chi connectivity index (χ4n) is 0.814. The normalized spacial score (nSPS) is 12.5. The van der Waals surface area contributed by atoms with E-state index in [2.05, 4.69) is 6.07 Å². The van der Waals surface area contributed by atoms with Crippen LogP contribution in [-0.2, 0) is 0 Å². The van der Waals surface area contributed by atoms with Crippen molar-refractivity contribution in [3.63, 3.8) is 0 Å². The van der Waals surface area contributed by atoms with Crippen LogP contribution in [0.25, 0.3) is 0 Å². The summed E-state index contributed by atoms with van der Waals surface area (Å²) in [6, 6.07) is 9.25. The fraction of sp³-hybridized carbons (Fsp3) is 0.222. The third-order valence-electron chi connectivity index (χ3n) is 1.42. The molecule has 0 unspecified atom stereocenters. The van der Waals surface area contributed by atoms with Gasteiger partial charge in [-0.15, -0.1) is 0 Å². The smallest absolute Gasteiger partial charge is 0.179 e. The van der Waals surface area contributed by atoms with Crippen LogP contribution >= 0.6 is 0 Å². The molecular weight excluding hydrogens is 138 g/mol. The van der Waals surface area contributed by atoms with Crippen molar-refractivity contribution >= 4 is 5.78 Å². The Kier molecular flexibility index (Phi) is 2.39. The second-order valence-corrected chi connectivity index (χ2v) is 2.44. The van der Waals surface area contributed by atoms with Gasteiger partial charge >= 0.3 is 0 Å². The van der Waals surface area contributed by atoms with Crippen LogP contribution in [0.1, 0.15) is 17.3 Å². The lowest BCUT2D eigenvalue weighted by atomic mass is 10.1. The van der Waals surface area contributed by atoms with Gasteiger partial charge in [0.05, 0.1) is 6.04 Å². The van der Waals surface area contributed by atoms with Crippen LogP contribution in [0.3, 0.4) is 0 Å². The highest BCUT2D eigenvalue weighted by Crippen LogP contribution is 2.00. The first-order chi connectivity index (χ1) is 5.22. The van der Waals surface area contributed by atoms with Gasteiger partial charge in [0.25, 0.3) is 0 Å². The molecule has 0 fully saturated rings. The van der Waals surface area contributed by atoms with Crippen molar-refractivity contribution in [2.75, 3.05) is 0 Å². The van der Waals surface area contributed by atoms with E-state index < -0.39 is 6.04 Å². The summed E-state index contributed by atoms with van der Waals surface area (Å²) < 4.78 is 0. The topological polar surface area (TPSA) is 43.1 Å². The molecule has 0 saturated heterocycles. The van der Waals surface area contributed by atoms with Crippen LogP contribution in [0.15, 0.2) is 24.3 Å². The third kappa shape index (κ3) is 1.88. The molecule has 0 amide bonds. The highest BCUT2D eigenvalue weighted by molar-refractivity contribution is 5.99. The summed E-state index contributed by atoms with van der Waals surface area (Å²) in [6.07, 6.45) is 0. The summed E-state index contributed by atoms with van der Waals surface area (Å²) >= 11 is 0. The molecule has 0 aliphatic heterocycles. The Morgan fingerprint density at radius 1 is 1.55 bits per heavy atom. The number of hydrogen-bond acceptors (Lipinski definition) is 2. The highest BCUT2D eigenvalue weighted by atomic mass is 16.1. The van der Waals surface area contributed by atoms with Crippen LogP contribution in [0.5, 0.6) is 0 Å². The third-order valence-corrected chi connectivity index (χ3v) is 1.42. The van der Waals surface area contributed by atoms with Gasteiger partial charge < -0.3 is 5.73 Å². The molecule has 1 rings (SSSR count). The van der Waals surface area contributed by atoms with Gasteiger partial charge in [-0.25, -0.2) is 0 Å². The van der Waals surface area contributed by atoms with Crippen LogP contribution < -0.4 is 5.73 Å². The number of rotatable bonds is 2. The maximum Gasteiger partial charge on any atom is 0.179 e. The van der Waals surface area contributed by atoms with E-state index in [1.54, 1.807) is 31.2 Å². The zero-order valence-corrected chi connectivity index (χ0v) is 6.37. The Morgan fingerprint density at radius 3 is 2.55 bits per heavy atom. The maximum atomic E-state index is 11.2.